The van der Waals surface area contributed by atoms with Crippen molar-refractivity contribution in [2.45, 2.75) is 5.41 Å². The maximum atomic E-state index is 13.1. The molecule has 0 aliphatic heterocycles. The summed E-state index contributed by atoms with van der Waals surface area (Å²) in [6.45, 7) is 0. The van der Waals surface area contributed by atoms with Gasteiger partial charge in [-0.3, -0.25) is 9.59 Å². The zero-order valence-electron chi connectivity index (χ0n) is 29.9. The van der Waals surface area contributed by atoms with Crippen molar-refractivity contribution >= 4 is 56.9 Å². The number of hydrogen-bond acceptors (Lipinski definition) is 2. The predicted octanol–water partition coefficient (Wildman–Crippen LogP) is 11.7. The van der Waals surface area contributed by atoms with Crippen molar-refractivity contribution in [3.8, 4) is 11.1 Å². The summed E-state index contributed by atoms with van der Waals surface area (Å²) in [6, 6.07) is 62.0. The summed E-state index contributed by atoms with van der Waals surface area (Å²) in [5.74, 6) is -0.395. The van der Waals surface area contributed by atoms with Gasteiger partial charge >= 0.3 is 0 Å². The van der Waals surface area contributed by atoms with Gasteiger partial charge in [-0.05, 0) is 102 Å². The Morgan fingerprint density at radius 2 is 0.782 bits per heavy atom. The largest absolute Gasteiger partial charge is 0.323 e. The van der Waals surface area contributed by atoms with Gasteiger partial charge < -0.3 is 10.6 Å². The van der Waals surface area contributed by atoms with E-state index in [2.05, 4.69) is 120 Å². The van der Waals surface area contributed by atoms with E-state index < -0.39 is 5.41 Å². The minimum absolute atomic E-state index is 0.198. The average molecular weight is 709 g/mol. The van der Waals surface area contributed by atoms with E-state index in [1.165, 1.54) is 22.3 Å². The first-order valence-corrected chi connectivity index (χ1v) is 18.4. The van der Waals surface area contributed by atoms with Crippen LogP contribution in [-0.4, -0.2) is 11.8 Å². The van der Waals surface area contributed by atoms with Gasteiger partial charge in [-0.15, -0.1) is 0 Å². The van der Waals surface area contributed by atoms with Crippen molar-refractivity contribution < 1.29 is 9.59 Å². The topological polar surface area (TPSA) is 58.2 Å². The summed E-state index contributed by atoms with van der Waals surface area (Å²) in [6.07, 6.45) is 6.89. The third-order valence-electron chi connectivity index (χ3n) is 10.6. The molecule has 0 radical (unpaired) electrons. The Labute approximate surface area is 320 Å². The average Bonchev–Trinajstić information content (AvgIpc) is 3.54. The molecular weight excluding hydrogens is 673 g/mol. The fourth-order valence-corrected chi connectivity index (χ4v) is 8.12. The highest BCUT2D eigenvalue weighted by molar-refractivity contribution is 6.04. The van der Waals surface area contributed by atoms with Crippen LogP contribution in [0.15, 0.2) is 194 Å². The van der Waals surface area contributed by atoms with E-state index in [0.717, 1.165) is 43.8 Å². The minimum atomic E-state index is -0.624. The number of amides is 2. The summed E-state index contributed by atoms with van der Waals surface area (Å²) in [7, 11) is 0. The summed E-state index contributed by atoms with van der Waals surface area (Å²) in [5.41, 5.74) is 9.66. The smallest absolute Gasteiger partial charge is 0.248 e. The van der Waals surface area contributed by atoms with Gasteiger partial charge in [-0.1, -0.05) is 158 Å². The van der Waals surface area contributed by atoms with Gasteiger partial charge in [0.25, 0.3) is 0 Å². The summed E-state index contributed by atoms with van der Waals surface area (Å²) >= 11 is 0. The first kappa shape index (κ1) is 33.5. The van der Waals surface area contributed by atoms with E-state index in [-0.39, 0.29) is 11.8 Å². The van der Waals surface area contributed by atoms with Crippen LogP contribution in [-0.2, 0) is 15.0 Å². The van der Waals surface area contributed by atoms with E-state index in [9.17, 15) is 9.59 Å². The molecule has 262 valence electrons. The highest BCUT2D eigenvalue weighted by Gasteiger charge is 2.45. The first-order valence-electron chi connectivity index (χ1n) is 18.4. The second-order valence-corrected chi connectivity index (χ2v) is 13.8. The molecule has 4 nitrogen and oxygen atoms in total. The number of carbonyl (C=O) groups excluding carboxylic acids is 2. The van der Waals surface area contributed by atoms with E-state index in [4.69, 9.17) is 0 Å². The number of benzene rings is 8. The molecule has 55 heavy (non-hydrogen) atoms. The molecule has 4 heteroatoms. The van der Waals surface area contributed by atoms with Gasteiger partial charge in [0.2, 0.25) is 11.8 Å². The Kier molecular flexibility index (Phi) is 8.69. The van der Waals surface area contributed by atoms with Crippen LogP contribution in [0.25, 0.3) is 44.8 Å². The van der Waals surface area contributed by atoms with E-state index in [1.54, 1.807) is 12.2 Å². The monoisotopic (exact) mass is 708 g/mol. The Balaban J connectivity index is 1.01. The zero-order valence-corrected chi connectivity index (χ0v) is 29.9. The highest BCUT2D eigenvalue weighted by atomic mass is 16.2. The molecule has 0 heterocycles. The van der Waals surface area contributed by atoms with Crippen LogP contribution in [0, 0.1) is 0 Å². The number of fused-ring (bicyclic) bond motifs is 5. The summed E-state index contributed by atoms with van der Waals surface area (Å²) < 4.78 is 0. The van der Waals surface area contributed by atoms with Crippen molar-refractivity contribution in [2.24, 2.45) is 0 Å². The molecule has 8 aromatic carbocycles. The van der Waals surface area contributed by atoms with Gasteiger partial charge in [0, 0.05) is 23.5 Å². The fourth-order valence-electron chi connectivity index (χ4n) is 8.12. The predicted molar refractivity (Wildman–Crippen MR) is 227 cm³/mol. The van der Waals surface area contributed by atoms with Crippen molar-refractivity contribution in [3.63, 3.8) is 0 Å². The van der Waals surface area contributed by atoms with Crippen molar-refractivity contribution in [2.75, 3.05) is 10.6 Å². The molecule has 0 spiro atoms. The van der Waals surface area contributed by atoms with Crippen molar-refractivity contribution in [3.05, 3.63) is 228 Å². The second kappa shape index (κ2) is 14.3. The lowest BCUT2D eigenvalue weighted by Gasteiger charge is -2.34. The normalized spacial score (nSPS) is 12.9. The Morgan fingerprint density at radius 1 is 0.400 bits per heavy atom. The van der Waals surface area contributed by atoms with Gasteiger partial charge in [0.1, 0.15) is 0 Å². The van der Waals surface area contributed by atoms with Gasteiger partial charge in [0.15, 0.2) is 0 Å². The number of anilines is 2. The molecule has 0 fully saturated rings. The van der Waals surface area contributed by atoms with Gasteiger partial charge in [-0.2, -0.15) is 0 Å². The lowest BCUT2D eigenvalue weighted by molar-refractivity contribution is -0.112. The quantitative estimate of drug-likeness (QED) is 0.154. The number of carbonyl (C=O) groups is 2. The molecule has 2 amide bonds. The molecule has 0 saturated heterocycles. The molecule has 1 aliphatic rings. The zero-order chi connectivity index (χ0) is 37.2. The maximum Gasteiger partial charge on any atom is 0.248 e. The molecule has 0 saturated carbocycles. The summed E-state index contributed by atoms with van der Waals surface area (Å²) in [4.78, 5) is 26.2. The molecule has 0 bridgehead atoms. The van der Waals surface area contributed by atoms with Crippen molar-refractivity contribution in [1.29, 1.82) is 0 Å². The molecule has 1 aliphatic carbocycles. The molecular formula is C51H36N2O2. The summed E-state index contributed by atoms with van der Waals surface area (Å²) in [5, 5.41) is 10.6. The number of nitrogens with one attached hydrogen (secondary N) is 2. The molecule has 0 aromatic heterocycles. The number of rotatable bonds is 8. The lowest BCUT2D eigenvalue weighted by Crippen LogP contribution is -2.28. The third-order valence-corrected chi connectivity index (χ3v) is 10.6. The SMILES string of the molecule is O=C(C=Cc1cccc2ccccc12)Nc1ccc(C2(c3ccc(NC(=O)C=Cc4cccc5ccccc45)cc3)c3ccccc3-c3ccccc32)cc1. The van der Waals surface area contributed by atoms with Crippen LogP contribution in [0.3, 0.4) is 0 Å². The maximum absolute atomic E-state index is 13.1. The van der Waals surface area contributed by atoms with Crippen LogP contribution >= 0.6 is 0 Å². The lowest BCUT2D eigenvalue weighted by atomic mass is 9.67. The second-order valence-electron chi connectivity index (χ2n) is 13.8. The molecule has 8 aromatic rings. The minimum Gasteiger partial charge on any atom is -0.323 e. The van der Waals surface area contributed by atoms with E-state index >= 15 is 0 Å². The molecule has 0 unspecified atom stereocenters. The van der Waals surface area contributed by atoms with Crippen LogP contribution in [0.4, 0.5) is 11.4 Å². The standard InChI is InChI=1S/C51H36N2O2/c54-49(33-23-37-15-9-13-35-11-1-3-17-43(35)37)52-41-29-25-39(26-30-41)51(47-21-7-5-19-45(47)46-20-6-8-22-48(46)51)40-27-31-42(32-28-40)53-50(55)34-24-38-16-10-14-36-12-2-4-18-44(36)38/h1-34H,(H,52,54)(H,53,55). The third kappa shape index (κ3) is 6.20. The van der Waals surface area contributed by atoms with Crippen LogP contribution < -0.4 is 10.6 Å². The Morgan fingerprint density at radius 3 is 1.24 bits per heavy atom. The van der Waals surface area contributed by atoms with Crippen molar-refractivity contribution in [1.82, 2.24) is 0 Å². The fraction of sp³-hybridized carbons (Fsp3) is 0.0196. The van der Waals surface area contributed by atoms with Gasteiger partial charge in [0.05, 0.1) is 5.41 Å². The van der Waals surface area contributed by atoms with Gasteiger partial charge in [-0.25, -0.2) is 0 Å². The number of hydrogen-bond donors (Lipinski definition) is 2. The van der Waals surface area contributed by atoms with Crippen LogP contribution in [0.1, 0.15) is 33.4 Å². The molecule has 9 rings (SSSR count). The molecule has 2 N–H and O–H groups in total. The van der Waals surface area contributed by atoms with E-state index in [0.29, 0.717) is 11.4 Å². The Bertz CT molecular complexity index is 2590. The highest BCUT2D eigenvalue weighted by Crippen LogP contribution is 2.56. The van der Waals surface area contributed by atoms with Crippen LogP contribution in [0.5, 0.6) is 0 Å². The van der Waals surface area contributed by atoms with E-state index in [1.807, 2.05) is 84.9 Å². The molecule has 0 atom stereocenters. The van der Waals surface area contributed by atoms with Crippen LogP contribution in [0.2, 0.25) is 0 Å². The first-order chi connectivity index (χ1) is 27.1. The Hall–Kier alpha value is -7.30.